The Bertz CT molecular complexity index is 717. The van der Waals surface area contributed by atoms with Gasteiger partial charge in [0.25, 0.3) is 0 Å². The number of hydrogen-bond acceptors (Lipinski definition) is 5. The molecule has 1 aromatic carbocycles. The number of ether oxygens (including phenoxy) is 2. The van der Waals surface area contributed by atoms with Crippen molar-refractivity contribution in [1.29, 1.82) is 0 Å². The Kier molecular flexibility index (Phi) is 7.61. The topological polar surface area (TPSA) is 111 Å². The molecule has 3 amide bonds. The zero-order chi connectivity index (χ0) is 21.6. The highest BCUT2D eigenvalue weighted by Gasteiger charge is 2.40. The maximum atomic E-state index is 13.2. The third-order valence-corrected chi connectivity index (χ3v) is 4.63. The molecule has 29 heavy (non-hydrogen) atoms. The highest BCUT2D eigenvalue weighted by Crippen LogP contribution is 2.21. The highest BCUT2D eigenvalue weighted by atomic mass is 16.6. The molecule has 0 radical (unpaired) electrons. The minimum Gasteiger partial charge on any atom is -0.445 e. The molecule has 3 N–H and O–H groups in total. The van der Waals surface area contributed by atoms with E-state index in [1.165, 1.54) is 4.90 Å². The van der Waals surface area contributed by atoms with Gasteiger partial charge in [-0.15, -0.1) is 0 Å². The maximum Gasteiger partial charge on any atom is 0.408 e. The van der Waals surface area contributed by atoms with Gasteiger partial charge in [0, 0.05) is 6.54 Å². The van der Waals surface area contributed by atoms with Crippen LogP contribution in [-0.4, -0.2) is 53.1 Å². The predicted molar refractivity (Wildman–Crippen MR) is 108 cm³/mol. The largest absolute Gasteiger partial charge is 0.445 e. The van der Waals surface area contributed by atoms with E-state index in [1.807, 2.05) is 51.1 Å². The smallest absolute Gasteiger partial charge is 0.408 e. The van der Waals surface area contributed by atoms with Crippen LogP contribution in [0.5, 0.6) is 0 Å². The van der Waals surface area contributed by atoms with Gasteiger partial charge in [0.1, 0.15) is 18.7 Å². The molecule has 2 rings (SSSR count). The van der Waals surface area contributed by atoms with Crippen LogP contribution in [0.1, 0.15) is 46.1 Å². The minimum atomic E-state index is -1.00. The summed E-state index contributed by atoms with van der Waals surface area (Å²) in [7, 11) is 0. The van der Waals surface area contributed by atoms with E-state index in [2.05, 4.69) is 5.32 Å². The van der Waals surface area contributed by atoms with Gasteiger partial charge in [0.05, 0.1) is 11.7 Å². The third kappa shape index (κ3) is 6.74. The number of carbonyl (C=O) groups excluding carboxylic acids is 3. The van der Waals surface area contributed by atoms with Gasteiger partial charge in [-0.05, 0) is 46.1 Å². The van der Waals surface area contributed by atoms with Crippen LogP contribution in [0, 0.1) is 0 Å². The van der Waals surface area contributed by atoms with Crippen molar-refractivity contribution in [3.63, 3.8) is 0 Å². The number of likely N-dealkylation sites (tertiary alicyclic amines) is 1. The Morgan fingerprint density at radius 2 is 1.90 bits per heavy atom. The summed E-state index contributed by atoms with van der Waals surface area (Å²) in [5.41, 5.74) is 5.75. The summed E-state index contributed by atoms with van der Waals surface area (Å²) < 4.78 is 11.2. The monoisotopic (exact) mass is 405 g/mol. The molecule has 1 saturated heterocycles. The van der Waals surface area contributed by atoms with Crippen LogP contribution < -0.4 is 11.1 Å². The van der Waals surface area contributed by atoms with E-state index in [4.69, 9.17) is 15.2 Å². The summed E-state index contributed by atoms with van der Waals surface area (Å²) in [6.07, 6.45) is -0.174. The normalized spacial score (nSPS) is 18.8. The van der Waals surface area contributed by atoms with Crippen molar-refractivity contribution in [2.75, 3.05) is 6.54 Å². The van der Waals surface area contributed by atoms with E-state index in [0.717, 1.165) is 5.56 Å². The lowest BCUT2D eigenvalue weighted by molar-refractivity contribution is -0.145. The molecule has 1 fully saturated rings. The summed E-state index contributed by atoms with van der Waals surface area (Å²) in [5.74, 6) is -0.953. The molecule has 0 aliphatic carbocycles. The zero-order valence-corrected chi connectivity index (χ0v) is 17.5. The van der Waals surface area contributed by atoms with E-state index in [-0.39, 0.29) is 6.61 Å². The first-order valence-corrected chi connectivity index (χ1v) is 9.83. The minimum absolute atomic E-state index is 0.0791. The number of primary amides is 1. The van der Waals surface area contributed by atoms with Crippen molar-refractivity contribution < 1.29 is 23.9 Å². The maximum absolute atomic E-state index is 13.2. The molecule has 1 aliphatic heterocycles. The van der Waals surface area contributed by atoms with Crippen LogP contribution in [0.3, 0.4) is 0 Å². The standard InChI is InChI=1S/C21H31N3O5/c1-14(29-21(2,3)4)17(19(26)24-12-8-11-16(24)18(22)25)23-20(27)28-13-15-9-6-5-7-10-15/h5-7,9-10,14,16-17H,8,11-13H2,1-4H3,(H2,22,25)(H,23,27)/t14-,16+,17+/m1/s1. The fourth-order valence-electron chi connectivity index (χ4n) is 3.40. The lowest BCUT2D eigenvalue weighted by Gasteiger charge is -2.33. The second kappa shape index (κ2) is 9.73. The van der Waals surface area contributed by atoms with Crippen LogP contribution >= 0.6 is 0 Å². The van der Waals surface area contributed by atoms with Gasteiger partial charge in [0.2, 0.25) is 11.8 Å². The highest BCUT2D eigenvalue weighted by molar-refractivity contribution is 5.91. The number of hydrogen-bond donors (Lipinski definition) is 2. The van der Waals surface area contributed by atoms with Crippen LogP contribution in [0.15, 0.2) is 30.3 Å². The number of nitrogens with zero attached hydrogens (tertiary/aromatic N) is 1. The number of benzene rings is 1. The molecule has 8 heteroatoms. The van der Waals surface area contributed by atoms with E-state index in [9.17, 15) is 14.4 Å². The second-order valence-electron chi connectivity index (χ2n) is 8.21. The second-order valence-corrected chi connectivity index (χ2v) is 8.21. The van der Waals surface area contributed by atoms with Crippen LogP contribution in [-0.2, 0) is 25.7 Å². The van der Waals surface area contributed by atoms with Crippen molar-refractivity contribution >= 4 is 17.9 Å². The molecule has 0 bridgehead atoms. The summed E-state index contributed by atoms with van der Waals surface area (Å²) >= 11 is 0. The molecule has 3 atom stereocenters. The first-order chi connectivity index (χ1) is 13.6. The van der Waals surface area contributed by atoms with Crippen molar-refractivity contribution in [3.05, 3.63) is 35.9 Å². The van der Waals surface area contributed by atoms with Gasteiger partial charge >= 0.3 is 6.09 Å². The number of nitrogens with one attached hydrogen (secondary N) is 1. The third-order valence-electron chi connectivity index (χ3n) is 4.63. The molecule has 8 nitrogen and oxygen atoms in total. The first kappa shape index (κ1) is 22.7. The van der Waals surface area contributed by atoms with Gasteiger partial charge in [-0.1, -0.05) is 30.3 Å². The van der Waals surface area contributed by atoms with Gasteiger partial charge in [-0.25, -0.2) is 4.79 Å². The molecule has 0 saturated carbocycles. The summed E-state index contributed by atoms with van der Waals surface area (Å²) in [5, 5.41) is 2.62. The summed E-state index contributed by atoms with van der Waals surface area (Å²) in [4.78, 5) is 38.7. The van der Waals surface area contributed by atoms with Crippen LogP contribution in [0.4, 0.5) is 4.79 Å². The predicted octanol–water partition coefficient (Wildman–Crippen LogP) is 1.96. The Morgan fingerprint density at radius 1 is 1.24 bits per heavy atom. The number of rotatable bonds is 7. The first-order valence-electron chi connectivity index (χ1n) is 9.83. The van der Waals surface area contributed by atoms with Gasteiger partial charge in [-0.3, -0.25) is 9.59 Å². The summed E-state index contributed by atoms with van der Waals surface area (Å²) in [6, 6.07) is 7.56. The molecule has 0 unspecified atom stereocenters. The Morgan fingerprint density at radius 3 is 2.48 bits per heavy atom. The van der Waals surface area contributed by atoms with E-state index < -0.39 is 41.7 Å². The van der Waals surface area contributed by atoms with Crippen molar-refractivity contribution in [3.8, 4) is 0 Å². The summed E-state index contributed by atoms with van der Waals surface area (Å²) in [6.45, 7) is 7.78. The molecule has 1 heterocycles. The van der Waals surface area contributed by atoms with Gasteiger partial charge in [-0.2, -0.15) is 0 Å². The Labute approximate surface area is 171 Å². The SMILES string of the molecule is C[C@@H](OC(C)(C)C)[C@H](NC(=O)OCc1ccccc1)C(=O)N1CCC[C@H]1C(N)=O. The number of nitrogens with two attached hydrogens (primary N) is 1. The van der Waals surface area contributed by atoms with Crippen LogP contribution in [0.25, 0.3) is 0 Å². The van der Waals surface area contributed by atoms with Crippen molar-refractivity contribution in [2.24, 2.45) is 5.73 Å². The number of amides is 3. The van der Waals surface area contributed by atoms with Crippen molar-refractivity contribution in [1.82, 2.24) is 10.2 Å². The van der Waals surface area contributed by atoms with Crippen LogP contribution in [0.2, 0.25) is 0 Å². The van der Waals surface area contributed by atoms with E-state index >= 15 is 0 Å². The molecule has 1 aliphatic rings. The Balaban J connectivity index is 2.10. The number of carbonyl (C=O) groups is 3. The zero-order valence-electron chi connectivity index (χ0n) is 17.5. The fraction of sp³-hybridized carbons (Fsp3) is 0.571. The molecule has 160 valence electrons. The molecular formula is C21H31N3O5. The van der Waals surface area contributed by atoms with Gasteiger partial charge in [0.15, 0.2) is 0 Å². The fourth-order valence-corrected chi connectivity index (χ4v) is 3.40. The van der Waals surface area contributed by atoms with Crippen molar-refractivity contribution in [2.45, 2.75) is 70.9 Å². The molecular weight excluding hydrogens is 374 g/mol. The Hall–Kier alpha value is -2.61. The number of alkyl carbamates (subject to hydrolysis) is 1. The lowest BCUT2D eigenvalue weighted by atomic mass is 10.1. The quantitative estimate of drug-likeness (QED) is 0.720. The molecule has 0 spiro atoms. The molecule has 1 aromatic rings. The average Bonchev–Trinajstić information content (AvgIpc) is 3.13. The molecule has 0 aromatic heterocycles. The lowest BCUT2D eigenvalue weighted by Crippen LogP contribution is -2.57. The average molecular weight is 405 g/mol. The van der Waals surface area contributed by atoms with E-state index in [1.54, 1.807) is 6.92 Å². The van der Waals surface area contributed by atoms with E-state index in [0.29, 0.717) is 19.4 Å². The van der Waals surface area contributed by atoms with Gasteiger partial charge < -0.3 is 25.4 Å².